The number of aromatic nitrogens is 2. The molecule has 1 aromatic heterocycles. The molecule has 1 aliphatic heterocycles. The molecule has 0 amide bonds. The van der Waals surface area contributed by atoms with E-state index >= 15 is 0 Å². The predicted molar refractivity (Wildman–Crippen MR) is 84.7 cm³/mol. The molecule has 21 heavy (non-hydrogen) atoms. The maximum absolute atomic E-state index is 6.48. The van der Waals surface area contributed by atoms with Crippen LogP contribution in [0.1, 0.15) is 27.7 Å². The second-order valence-electron chi connectivity index (χ2n) is 6.22. The van der Waals surface area contributed by atoms with Crippen molar-refractivity contribution < 1.29 is 9.31 Å². The van der Waals surface area contributed by atoms with E-state index in [9.17, 15) is 0 Å². The summed E-state index contributed by atoms with van der Waals surface area (Å²) in [7, 11) is -0.510. The summed E-state index contributed by atoms with van der Waals surface area (Å²) in [6.07, 6.45) is 1.62. The van der Waals surface area contributed by atoms with E-state index in [1.807, 2.05) is 39.8 Å². The fraction of sp³-hybridized carbons (Fsp3) is 0.429. The molecule has 0 saturated carbocycles. The van der Waals surface area contributed by atoms with Crippen LogP contribution < -0.4 is 11.2 Å². The fourth-order valence-electron chi connectivity index (χ4n) is 2.25. The Balaban J connectivity index is 2.07. The molecule has 1 fully saturated rings. The van der Waals surface area contributed by atoms with Gasteiger partial charge in [-0.1, -0.05) is 17.7 Å². The topological polar surface area (TPSA) is 70.3 Å². The van der Waals surface area contributed by atoms with Crippen LogP contribution in [0, 0.1) is 0 Å². The zero-order chi connectivity index (χ0) is 15.4. The average Bonchev–Trinajstić information content (AvgIpc) is 2.58. The highest BCUT2D eigenvalue weighted by atomic mass is 35.5. The second kappa shape index (κ2) is 4.56. The number of hydrogen-bond acceptors (Lipinski definition) is 5. The van der Waals surface area contributed by atoms with E-state index in [2.05, 4.69) is 9.97 Å². The standard InChI is InChI=1S/C14H17BClN3O2/c1-13(2)14(3,4)21-15(20-13)9-5-6-10-8(11(9)16)7-18-12(17)19-10/h5-7H,1-4H3,(H2,17,18,19). The molecule has 2 N–H and O–H groups in total. The highest BCUT2D eigenvalue weighted by Crippen LogP contribution is 2.37. The third-order valence-corrected chi connectivity index (χ3v) is 4.68. The van der Waals surface area contributed by atoms with Gasteiger partial charge in [0.15, 0.2) is 0 Å². The summed E-state index contributed by atoms with van der Waals surface area (Å²) >= 11 is 6.48. The first-order valence-electron chi connectivity index (χ1n) is 6.77. The van der Waals surface area contributed by atoms with Crippen LogP contribution in [0.15, 0.2) is 18.3 Å². The Hall–Kier alpha value is -1.37. The highest BCUT2D eigenvalue weighted by molar-refractivity contribution is 6.66. The monoisotopic (exact) mass is 305 g/mol. The van der Waals surface area contributed by atoms with Crippen molar-refractivity contribution in [3.05, 3.63) is 23.4 Å². The molecule has 2 aromatic rings. The van der Waals surface area contributed by atoms with Gasteiger partial charge in [-0.3, -0.25) is 0 Å². The lowest BCUT2D eigenvalue weighted by molar-refractivity contribution is 0.00578. The van der Waals surface area contributed by atoms with Gasteiger partial charge in [0.2, 0.25) is 5.95 Å². The molecule has 1 aliphatic rings. The summed E-state index contributed by atoms with van der Waals surface area (Å²) in [6.45, 7) is 8.02. The zero-order valence-corrected chi connectivity index (χ0v) is 13.2. The summed E-state index contributed by atoms with van der Waals surface area (Å²) in [5.41, 5.74) is 6.25. The minimum absolute atomic E-state index is 0.224. The Kier molecular flexibility index (Phi) is 3.17. The molecule has 3 rings (SSSR count). The van der Waals surface area contributed by atoms with Crippen LogP contribution in [0.4, 0.5) is 5.95 Å². The quantitative estimate of drug-likeness (QED) is 0.818. The van der Waals surface area contributed by atoms with Crippen LogP contribution in [-0.2, 0) is 9.31 Å². The number of anilines is 1. The van der Waals surface area contributed by atoms with Gasteiger partial charge in [0.1, 0.15) is 0 Å². The maximum Gasteiger partial charge on any atom is 0.496 e. The van der Waals surface area contributed by atoms with E-state index in [0.29, 0.717) is 10.5 Å². The summed E-state index contributed by atoms with van der Waals surface area (Å²) < 4.78 is 12.1. The molecule has 1 aromatic carbocycles. The van der Waals surface area contributed by atoms with Crippen LogP contribution in [0.5, 0.6) is 0 Å². The first kappa shape index (κ1) is 14.6. The van der Waals surface area contributed by atoms with E-state index in [1.54, 1.807) is 6.20 Å². The molecule has 0 unspecified atom stereocenters. The van der Waals surface area contributed by atoms with Crippen molar-refractivity contribution in [2.45, 2.75) is 38.9 Å². The molecule has 0 bridgehead atoms. The summed E-state index contributed by atoms with van der Waals surface area (Å²) in [4.78, 5) is 8.16. The number of nitrogens with zero attached hydrogens (tertiary/aromatic N) is 2. The van der Waals surface area contributed by atoms with Gasteiger partial charge in [0.25, 0.3) is 0 Å². The Morgan fingerprint density at radius 2 is 1.76 bits per heavy atom. The smallest absolute Gasteiger partial charge is 0.399 e. The Morgan fingerprint density at radius 1 is 1.14 bits per heavy atom. The normalized spacial score (nSPS) is 20.1. The molecule has 0 radical (unpaired) electrons. The molecule has 5 nitrogen and oxygen atoms in total. The Bertz CT molecular complexity index is 705. The molecule has 1 saturated heterocycles. The minimum atomic E-state index is -0.510. The van der Waals surface area contributed by atoms with Crippen molar-refractivity contribution >= 4 is 41.0 Å². The third kappa shape index (κ3) is 2.27. The van der Waals surface area contributed by atoms with Crippen LogP contribution in [0.3, 0.4) is 0 Å². The molecule has 0 spiro atoms. The molecule has 0 atom stereocenters. The van der Waals surface area contributed by atoms with Gasteiger partial charge < -0.3 is 15.0 Å². The van der Waals surface area contributed by atoms with Gasteiger partial charge in [-0.25, -0.2) is 9.97 Å². The van der Waals surface area contributed by atoms with E-state index in [-0.39, 0.29) is 5.95 Å². The van der Waals surface area contributed by atoms with Crippen LogP contribution in [0.2, 0.25) is 5.02 Å². The maximum atomic E-state index is 6.48. The van der Waals surface area contributed by atoms with Crippen LogP contribution >= 0.6 is 11.6 Å². The SMILES string of the molecule is CC1(C)OB(c2ccc3nc(N)ncc3c2Cl)OC1(C)C. The average molecular weight is 306 g/mol. The fourth-order valence-corrected chi connectivity index (χ4v) is 2.55. The van der Waals surface area contributed by atoms with Crippen molar-refractivity contribution in [1.82, 2.24) is 9.97 Å². The van der Waals surface area contributed by atoms with E-state index in [0.717, 1.165) is 10.8 Å². The number of nitrogen functional groups attached to an aromatic ring is 1. The van der Waals surface area contributed by atoms with E-state index in [1.165, 1.54) is 0 Å². The third-order valence-electron chi connectivity index (χ3n) is 4.25. The summed E-state index contributed by atoms with van der Waals surface area (Å²) in [6, 6.07) is 3.71. The van der Waals surface area contributed by atoms with Gasteiger partial charge in [-0.05, 0) is 33.8 Å². The van der Waals surface area contributed by atoms with Crippen molar-refractivity contribution in [2.24, 2.45) is 0 Å². The van der Waals surface area contributed by atoms with Gasteiger partial charge >= 0.3 is 7.12 Å². The van der Waals surface area contributed by atoms with Crippen molar-refractivity contribution in [3.8, 4) is 0 Å². The predicted octanol–water partition coefficient (Wildman–Crippen LogP) is 2.16. The lowest BCUT2D eigenvalue weighted by atomic mass is 9.78. The zero-order valence-electron chi connectivity index (χ0n) is 12.5. The first-order chi connectivity index (χ1) is 9.71. The highest BCUT2D eigenvalue weighted by Gasteiger charge is 2.52. The molecule has 2 heterocycles. The molecular formula is C14H17BClN3O2. The van der Waals surface area contributed by atoms with E-state index < -0.39 is 18.3 Å². The largest absolute Gasteiger partial charge is 0.496 e. The van der Waals surface area contributed by atoms with E-state index in [4.69, 9.17) is 26.6 Å². The lowest BCUT2D eigenvalue weighted by Gasteiger charge is -2.32. The number of nitrogens with two attached hydrogens (primary N) is 1. The van der Waals surface area contributed by atoms with Crippen molar-refractivity contribution in [3.63, 3.8) is 0 Å². The Morgan fingerprint density at radius 3 is 2.38 bits per heavy atom. The molecular weight excluding hydrogens is 288 g/mol. The van der Waals surface area contributed by atoms with Gasteiger partial charge in [0.05, 0.1) is 21.7 Å². The van der Waals surface area contributed by atoms with Gasteiger partial charge in [-0.2, -0.15) is 0 Å². The number of fused-ring (bicyclic) bond motifs is 1. The second-order valence-corrected chi connectivity index (χ2v) is 6.60. The molecule has 110 valence electrons. The number of hydrogen-bond donors (Lipinski definition) is 1. The van der Waals surface area contributed by atoms with Crippen molar-refractivity contribution in [2.75, 3.05) is 5.73 Å². The number of halogens is 1. The lowest BCUT2D eigenvalue weighted by Crippen LogP contribution is -2.41. The first-order valence-corrected chi connectivity index (χ1v) is 7.15. The summed E-state index contributed by atoms with van der Waals surface area (Å²) in [5.74, 6) is 0.224. The molecule has 7 heteroatoms. The van der Waals surface area contributed by atoms with Crippen molar-refractivity contribution in [1.29, 1.82) is 0 Å². The Labute approximate surface area is 128 Å². The van der Waals surface area contributed by atoms with Crippen LogP contribution in [-0.4, -0.2) is 28.3 Å². The minimum Gasteiger partial charge on any atom is -0.399 e. The number of benzene rings is 1. The number of rotatable bonds is 1. The summed E-state index contributed by atoms with van der Waals surface area (Å²) in [5, 5.41) is 1.27. The van der Waals surface area contributed by atoms with Gasteiger partial charge in [-0.15, -0.1) is 0 Å². The van der Waals surface area contributed by atoms with Crippen LogP contribution in [0.25, 0.3) is 10.9 Å². The van der Waals surface area contributed by atoms with Gasteiger partial charge in [0, 0.05) is 17.0 Å². The molecule has 0 aliphatic carbocycles.